The number of rotatable bonds is 66. The van der Waals surface area contributed by atoms with Gasteiger partial charge >= 0.3 is 11.9 Å². The van der Waals surface area contributed by atoms with Crippen LogP contribution in [0.3, 0.4) is 0 Å². The Morgan fingerprint density at radius 3 is 0.698 bits per heavy atom. The number of hydrogen-bond donors (Lipinski definition) is 1. The molecule has 490 valence electrons. The zero-order valence-corrected chi connectivity index (χ0v) is 56.3. The van der Waals surface area contributed by atoms with Crippen LogP contribution in [0.1, 0.15) is 335 Å². The maximum Gasteiger partial charge on any atom is 0.306 e. The first-order valence-corrected chi connectivity index (χ1v) is 36.4. The van der Waals surface area contributed by atoms with Crippen molar-refractivity contribution in [2.75, 3.05) is 13.2 Å². The highest BCUT2D eigenvalue weighted by Gasteiger charge is 2.16. The van der Waals surface area contributed by atoms with Gasteiger partial charge in [-0.15, -0.1) is 0 Å². The molecule has 0 heterocycles. The lowest BCUT2D eigenvalue weighted by Gasteiger charge is -2.15. The zero-order valence-electron chi connectivity index (χ0n) is 56.3. The largest absolute Gasteiger partial charge is 0.462 e. The molecule has 5 heteroatoms. The smallest absolute Gasteiger partial charge is 0.306 e. The van der Waals surface area contributed by atoms with Crippen molar-refractivity contribution in [3.63, 3.8) is 0 Å². The first-order chi connectivity index (χ1) is 42.6. The fraction of sp³-hybridized carbons (Fsp3) is 0.679. The van der Waals surface area contributed by atoms with Crippen molar-refractivity contribution in [1.82, 2.24) is 0 Å². The molecule has 5 nitrogen and oxygen atoms in total. The van der Waals surface area contributed by atoms with Crippen molar-refractivity contribution >= 4 is 11.9 Å². The topological polar surface area (TPSA) is 72.8 Å². The number of carbonyl (C=O) groups is 2. The highest BCUT2D eigenvalue weighted by atomic mass is 16.6. The van der Waals surface area contributed by atoms with Crippen molar-refractivity contribution in [3.8, 4) is 0 Å². The lowest BCUT2D eigenvalue weighted by Crippen LogP contribution is -2.28. The van der Waals surface area contributed by atoms with Gasteiger partial charge in [-0.3, -0.25) is 9.59 Å². The predicted molar refractivity (Wildman–Crippen MR) is 380 cm³/mol. The van der Waals surface area contributed by atoms with Crippen LogP contribution in [0.5, 0.6) is 0 Å². The summed E-state index contributed by atoms with van der Waals surface area (Å²) in [4.78, 5) is 24.7. The van der Waals surface area contributed by atoms with E-state index in [9.17, 15) is 14.7 Å². The third-order valence-electron chi connectivity index (χ3n) is 15.6. The van der Waals surface area contributed by atoms with Gasteiger partial charge in [0.25, 0.3) is 0 Å². The summed E-state index contributed by atoms with van der Waals surface area (Å²) in [6.07, 6.45) is 113. The van der Waals surface area contributed by atoms with Crippen LogP contribution in [-0.4, -0.2) is 36.4 Å². The molecule has 0 aliphatic carbocycles. The van der Waals surface area contributed by atoms with Crippen LogP contribution in [0.2, 0.25) is 0 Å². The van der Waals surface area contributed by atoms with E-state index in [4.69, 9.17) is 9.47 Å². The molecule has 1 unspecified atom stereocenters. The molecule has 0 rings (SSSR count). The summed E-state index contributed by atoms with van der Waals surface area (Å²) in [5, 5.41) is 9.71. The highest BCUT2D eigenvalue weighted by molar-refractivity contribution is 5.70. The van der Waals surface area contributed by atoms with E-state index in [0.29, 0.717) is 12.8 Å². The molecule has 0 aliphatic rings. The van der Waals surface area contributed by atoms with Crippen LogP contribution in [0.25, 0.3) is 0 Å². The van der Waals surface area contributed by atoms with Gasteiger partial charge in [-0.05, 0) is 116 Å². The number of aliphatic hydroxyl groups is 1. The fourth-order valence-corrected chi connectivity index (χ4v) is 10.3. The molecule has 0 spiro atoms. The number of esters is 2. The molecule has 0 radical (unpaired) electrons. The van der Waals surface area contributed by atoms with Crippen LogP contribution in [0.4, 0.5) is 0 Å². The number of aliphatic hydroxyl groups excluding tert-OH is 1. The Bertz CT molecular complexity index is 1780. The number of hydrogen-bond acceptors (Lipinski definition) is 5. The molecule has 0 aromatic rings. The standard InChI is InChI=1S/C81H136O5/c1-3-5-7-9-11-13-15-17-19-21-23-25-27-29-31-33-35-36-37-38-39-40-41-42-43-44-46-48-50-52-54-56-58-60-62-64-66-68-70-72-74-76-81(84)86-79(77-82)78-85-80(83)75-73-71-69-67-65-63-61-59-57-55-53-51-49-47-45-34-32-30-28-26-24-22-20-18-16-14-12-10-8-6-4-2/h5-8,11-14,17-20,23-26,29-32,35-36,45,47,79,82H,3-4,9-10,15-16,21-22,27-28,33-34,37-44,46,48-78H2,1-2H3/b7-5-,8-6-,13-11-,14-12-,19-17-,20-18-,25-23-,26-24-,31-29-,32-30-,36-35-,47-45-. The van der Waals surface area contributed by atoms with E-state index in [1.165, 1.54) is 193 Å². The molecule has 0 saturated carbocycles. The number of unbranched alkanes of at least 4 members (excludes halogenated alkanes) is 34. The van der Waals surface area contributed by atoms with E-state index in [0.717, 1.165) is 116 Å². The summed E-state index contributed by atoms with van der Waals surface area (Å²) < 4.78 is 10.8. The Balaban J connectivity index is 3.46. The Morgan fingerprint density at radius 2 is 0.465 bits per heavy atom. The van der Waals surface area contributed by atoms with Crippen LogP contribution in [0, 0.1) is 0 Å². The van der Waals surface area contributed by atoms with Gasteiger partial charge in [0.05, 0.1) is 6.61 Å². The SMILES string of the molecule is CC/C=C\C/C=C\C/C=C\C/C=C\C/C=C\C/C=C\CCCCCCCCCCCCCCCCCCCCCCCCC(=O)OC(CO)COC(=O)CCCCCCCCCCCCCC/C=C\C/C=C\C/C=C\C/C=C\C/C=C\C/C=C\CC. The number of ether oxygens (including phenoxy) is 2. The Morgan fingerprint density at radius 1 is 0.267 bits per heavy atom. The fourth-order valence-electron chi connectivity index (χ4n) is 10.3. The van der Waals surface area contributed by atoms with Crippen LogP contribution >= 0.6 is 0 Å². The average molecular weight is 1190 g/mol. The average Bonchev–Trinajstić information content (AvgIpc) is 3.54. The summed E-state index contributed by atoms with van der Waals surface area (Å²) in [6.45, 7) is 3.93. The Labute approximate surface area is 533 Å². The summed E-state index contributed by atoms with van der Waals surface area (Å²) >= 11 is 0. The van der Waals surface area contributed by atoms with E-state index in [2.05, 4.69) is 160 Å². The molecule has 0 aromatic carbocycles. The van der Waals surface area contributed by atoms with Crippen molar-refractivity contribution in [1.29, 1.82) is 0 Å². The molecule has 1 atom stereocenters. The summed E-state index contributed by atoms with van der Waals surface area (Å²) in [7, 11) is 0. The normalized spacial score (nSPS) is 13.1. The lowest BCUT2D eigenvalue weighted by molar-refractivity contribution is -0.161. The van der Waals surface area contributed by atoms with Crippen LogP contribution in [0.15, 0.2) is 146 Å². The minimum atomic E-state index is -0.781. The van der Waals surface area contributed by atoms with E-state index in [1.54, 1.807) is 0 Å². The van der Waals surface area contributed by atoms with Crippen LogP contribution in [-0.2, 0) is 19.1 Å². The van der Waals surface area contributed by atoms with Gasteiger partial charge in [-0.1, -0.05) is 352 Å². The van der Waals surface area contributed by atoms with Crippen molar-refractivity contribution < 1.29 is 24.2 Å². The van der Waals surface area contributed by atoms with Crippen molar-refractivity contribution in [2.24, 2.45) is 0 Å². The molecule has 0 aromatic heterocycles. The lowest BCUT2D eigenvalue weighted by atomic mass is 10.0. The van der Waals surface area contributed by atoms with E-state index >= 15 is 0 Å². The number of allylic oxidation sites excluding steroid dienone is 24. The van der Waals surface area contributed by atoms with E-state index < -0.39 is 6.10 Å². The molecule has 0 bridgehead atoms. The molecule has 0 saturated heterocycles. The van der Waals surface area contributed by atoms with Gasteiger partial charge in [0.15, 0.2) is 6.10 Å². The molecule has 1 N–H and O–H groups in total. The van der Waals surface area contributed by atoms with E-state index in [-0.39, 0.29) is 25.2 Å². The van der Waals surface area contributed by atoms with E-state index in [1.807, 2.05) is 0 Å². The molecule has 0 aliphatic heterocycles. The third-order valence-corrected chi connectivity index (χ3v) is 15.6. The highest BCUT2D eigenvalue weighted by Crippen LogP contribution is 2.18. The van der Waals surface area contributed by atoms with Gasteiger partial charge in [-0.2, -0.15) is 0 Å². The molecule has 0 fully saturated rings. The Hall–Kier alpha value is -4.22. The van der Waals surface area contributed by atoms with Gasteiger partial charge in [0.2, 0.25) is 0 Å². The Kier molecular flexibility index (Phi) is 71.3. The second kappa shape index (κ2) is 75.0. The first kappa shape index (κ1) is 81.8. The maximum atomic E-state index is 12.4. The van der Waals surface area contributed by atoms with Gasteiger partial charge in [0.1, 0.15) is 6.61 Å². The summed E-state index contributed by atoms with van der Waals surface area (Å²) in [5.41, 5.74) is 0. The van der Waals surface area contributed by atoms with Gasteiger partial charge < -0.3 is 14.6 Å². The summed E-state index contributed by atoms with van der Waals surface area (Å²) in [5.74, 6) is -0.585. The predicted octanol–water partition coefficient (Wildman–Crippen LogP) is 25.7. The van der Waals surface area contributed by atoms with Crippen molar-refractivity contribution in [2.45, 2.75) is 341 Å². The number of carbonyl (C=O) groups excluding carboxylic acids is 2. The molecular weight excluding hydrogens is 1050 g/mol. The van der Waals surface area contributed by atoms with Crippen LogP contribution < -0.4 is 0 Å². The monoisotopic (exact) mass is 1190 g/mol. The second-order valence-corrected chi connectivity index (χ2v) is 23.9. The van der Waals surface area contributed by atoms with Crippen molar-refractivity contribution in [3.05, 3.63) is 146 Å². The van der Waals surface area contributed by atoms with Gasteiger partial charge in [0, 0.05) is 12.8 Å². The van der Waals surface area contributed by atoms with Gasteiger partial charge in [-0.25, -0.2) is 0 Å². The molecule has 0 amide bonds. The quantitative estimate of drug-likeness (QED) is 0.0373. The maximum absolute atomic E-state index is 12.4. The summed E-state index contributed by atoms with van der Waals surface area (Å²) in [6, 6.07) is 0. The molecular formula is C81H136O5. The zero-order chi connectivity index (χ0) is 61.9. The molecule has 86 heavy (non-hydrogen) atoms. The first-order valence-electron chi connectivity index (χ1n) is 36.4. The third kappa shape index (κ3) is 72.3. The second-order valence-electron chi connectivity index (χ2n) is 23.9. The minimum absolute atomic E-state index is 0.0698. The minimum Gasteiger partial charge on any atom is -0.462 e.